The summed E-state index contributed by atoms with van der Waals surface area (Å²) in [5.74, 6) is -0.271. The number of hydrogen-bond acceptors (Lipinski definition) is 2. The fraction of sp³-hybridized carbons (Fsp3) is 0.154. The summed E-state index contributed by atoms with van der Waals surface area (Å²) < 4.78 is 13.7. The van der Waals surface area contributed by atoms with Crippen molar-refractivity contribution >= 4 is 21.6 Å². The quantitative estimate of drug-likeness (QED) is 0.928. The molecule has 2 aromatic rings. The Labute approximate surface area is 108 Å². The number of halogens is 2. The summed E-state index contributed by atoms with van der Waals surface area (Å²) in [6.45, 7) is 2.53. The molecule has 0 fully saturated rings. The van der Waals surface area contributed by atoms with Gasteiger partial charge < -0.3 is 5.32 Å². The van der Waals surface area contributed by atoms with Crippen LogP contribution in [-0.4, -0.2) is 4.98 Å². The van der Waals surface area contributed by atoms with Gasteiger partial charge in [-0.05, 0) is 53.2 Å². The predicted octanol–water partition coefficient (Wildman–Crippen LogP) is 3.90. The SMILES string of the molecule is Cc1cccc(CNc2ccc(Br)c(F)c2)n1. The van der Waals surface area contributed by atoms with Crippen molar-refractivity contribution in [3.8, 4) is 0 Å². The number of nitrogens with zero attached hydrogens (tertiary/aromatic N) is 1. The van der Waals surface area contributed by atoms with Gasteiger partial charge in [0.25, 0.3) is 0 Å². The molecule has 0 atom stereocenters. The van der Waals surface area contributed by atoms with E-state index in [1.807, 2.05) is 31.2 Å². The number of aromatic nitrogens is 1. The second kappa shape index (κ2) is 5.27. The molecule has 1 N–H and O–H groups in total. The molecule has 17 heavy (non-hydrogen) atoms. The molecule has 0 bridgehead atoms. The van der Waals surface area contributed by atoms with E-state index in [-0.39, 0.29) is 5.82 Å². The number of hydrogen-bond donors (Lipinski definition) is 1. The van der Waals surface area contributed by atoms with Crippen LogP contribution in [0.1, 0.15) is 11.4 Å². The van der Waals surface area contributed by atoms with Crippen molar-refractivity contribution in [3.63, 3.8) is 0 Å². The van der Waals surface area contributed by atoms with E-state index in [4.69, 9.17) is 0 Å². The topological polar surface area (TPSA) is 24.9 Å². The lowest BCUT2D eigenvalue weighted by Gasteiger charge is -2.07. The fourth-order valence-corrected chi connectivity index (χ4v) is 1.74. The Morgan fingerprint density at radius 1 is 1.29 bits per heavy atom. The van der Waals surface area contributed by atoms with E-state index >= 15 is 0 Å². The summed E-state index contributed by atoms with van der Waals surface area (Å²) in [6.07, 6.45) is 0. The summed E-state index contributed by atoms with van der Waals surface area (Å²) in [4.78, 5) is 4.36. The van der Waals surface area contributed by atoms with E-state index < -0.39 is 0 Å². The van der Waals surface area contributed by atoms with Crippen molar-refractivity contribution in [1.82, 2.24) is 4.98 Å². The van der Waals surface area contributed by atoms with Gasteiger partial charge in [-0.3, -0.25) is 4.98 Å². The Balaban J connectivity index is 2.05. The first-order chi connectivity index (χ1) is 8.15. The van der Waals surface area contributed by atoms with Crippen LogP contribution in [0.5, 0.6) is 0 Å². The normalized spacial score (nSPS) is 10.3. The first-order valence-electron chi connectivity index (χ1n) is 5.26. The van der Waals surface area contributed by atoms with Crippen molar-refractivity contribution in [2.24, 2.45) is 0 Å². The molecule has 0 aliphatic heterocycles. The van der Waals surface area contributed by atoms with Gasteiger partial charge in [-0.2, -0.15) is 0 Å². The first-order valence-corrected chi connectivity index (χ1v) is 6.06. The molecule has 0 aliphatic carbocycles. The third-order valence-corrected chi connectivity index (χ3v) is 2.98. The second-order valence-electron chi connectivity index (χ2n) is 3.75. The van der Waals surface area contributed by atoms with Crippen LogP contribution in [0, 0.1) is 12.7 Å². The van der Waals surface area contributed by atoms with Crippen LogP contribution in [0.15, 0.2) is 40.9 Å². The zero-order chi connectivity index (χ0) is 12.3. The zero-order valence-corrected chi connectivity index (χ0v) is 11.0. The Bertz CT molecular complexity index is 529. The van der Waals surface area contributed by atoms with E-state index in [1.165, 1.54) is 6.07 Å². The second-order valence-corrected chi connectivity index (χ2v) is 4.61. The first kappa shape index (κ1) is 12.0. The lowest BCUT2D eigenvalue weighted by molar-refractivity contribution is 0.621. The minimum Gasteiger partial charge on any atom is -0.379 e. The highest BCUT2D eigenvalue weighted by atomic mass is 79.9. The molecular weight excluding hydrogens is 283 g/mol. The van der Waals surface area contributed by atoms with Gasteiger partial charge in [0, 0.05) is 11.4 Å². The molecule has 0 spiro atoms. The maximum absolute atomic E-state index is 13.3. The van der Waals surface area contributed by atoms with Crippen LogP contribution in [0.3, 0.4) is 0 Å². The average molecular weight is 295 g/mol. The van der Waals surface area contributed by atoms with Crippen molar-refractivity contribution in [2.45, 2.75) is 13.5 Å². The van der Waals surface area contributed by atoms with Crippen LogP contribution >= 0.6 is 15.9 Å². The highest BCUT2D eigenvalue weighted by molar-refractivity contribution is 9.10. The third-order valence-electron chi connectivity index (χ3n) is 2.34. The molecule has 0 aliphatic rings. The minimum atomic E-state index is -0.271. The average Bonchev–Trinajstić information content (AvgIpc) is 2.31. The van der Waals surface area contributed by atoms with Gasteiger partial charge >= 0.3 is 0 Å². The zero-order valence-electron chi connectivity index (χ0n) is 9.37. The summed E-state index contributed by atoms with van der Waals surface area (Å²) in [5, 5.41) is 3.13. The smallest absolute Gasteiger partial charge is 0.139 e. The molecule has 0 radical (unpaired) electrons. The van der Waals surface area contributed by atoms with Crippen LogP contribution < -0.4 is 5.32 Å². The summed E-state index contributed by atoms with van der Waals surface area (Å²) >= 11 is 3.12. The predicted molar refractivity (Wildman–Crippen MR) is 70.4 cm³/mol. The van der Waals surface area contributed by atoms with Crippen molar-refractivity contribution in [1.29, 1.82) is 0 Å². The molecule has 1 aromatic carbocycles. The molecular formula is C13H12BrFN2. The molecule has 0 saturated carbocycles. The standard InChI is InChI=1S/C13H12BrFN2/c1-9-3-2-4-11(17-9)8-16-10-5-6-12(14)13(15)7-10/h2-7,16H,8H2,1H3. The Kier molecular flexibility index (Phi) is 3.74. The third kappa shape index (κ3) is 3.27. The fourth-order valence-electron chi connectivity index (χ4n) is 1.50. The highest BCUT2D eigenvalue weighted by Crippen LogP contribution is 2.19. The lowest BCUT2D eigenvalue weighted by atomic mass is 10.3. The van der Waals surface area contributed by atoms with E-state index in [1.54, 1.807) is 6.07 Å². The van der Waals surface area contributed by atoms with Crippen LogP contribution in [0.4, 0.5) is 10.1 Å². The van der Waals surface area contributed by atoms with Gasteiger partial charge in [-0.15, -0.1) is 0 Å². The molecule has 2 rings (SSSR count). The minimum absolute atomic E-state index is 0.271. The van der Waals surface area contributed by atoms with Gasteiger partial charge in [0.05, 0.1) is 16.7 Å². The number of nitrogens with one attached hydrogen (secondary N) is 1. The lowest BCUT2D eigenvalue weighted by Crippen LogP contribution is -2.02. The van der Waals surface area contributed by atoms with Gasteiger partial charge in [0.15, 0.2) is 0 Å². The van der Waals surface area contributed by atoms with Gasteiger partial charge in [-0.1, -0.05) is 6.07 Å². The van der Waals surface area contributed by atoms with E-state index in [2.05, 4.69) is 26.2 Å². The van der Waals surface area contributed by atoms with Crippen LogP contribution in [0.25, 0.3) is 0 Å². The monoisotopic (exact) mass is 294 g/mol. The molecule has 0 saturated heterocycles. The van der Waals surface area contributed by atoms with Crippen LogP contribution in [0.2, 0.25) is 0 Å². The van der Waals surface area contributed by atoms with Crippen molar-refractivity contribution in [2.75, 3.05) is 5.32 Å². The molecule has 2 nitrogen and oxygen atoms in total. The Morgan fingerprint density at radius 2 is 2.12 bits per heavy atom. The molecule has 0 unspecified atom stereocenters. The number of rotatable bonds is 3. The summed E-state index contributed by atoms with van der Waals surface area (Å²) in [6, 6.07) is 10.8. The van der Waals surface area contributed by atoms with Gasteiger partial charge in [0.1, 0.15) is 5.82 Å². The molecule has 4 heteroatoms. The number of anilines is 1. The van der Waals surface area contributed by atoms with E-state index in [0.717, 1.165) is 17.1 Å². The van der Waals surface area contributed by atoms with Crippen LogP contribution in [-0.2, 0) is 6.54 Å². The number of aryl methyl sites for hydroxylation is 1. The highest BCUT2D eigenvalue weighted by Gasteiger charge is 2.01. The maximum atomic E-state index is 13.3. The Hall–Kier alpha value is -1.42. The number of pyridine rings is 1. The molecule has 1 heterocycles. The Morgan fingerprint density at radius 3 is 2.82 bits per heavy atom. The summed E-state index contributed by atoms with van der Waals surface area (Å²) in [5.41, 5.74) is 2.66. The largest absolute Gasteiger partial charge is 0.379 e. The molecule has 1 aromatic heterocycles. The van der Waals surface area contributed by atoms with Gasteiger partial charge in [0.2, 0.25) is 0 Å². The van der Waals surface area contributed by atoms with E-state index in [9.17, 15) is 4.39 Å². The number of benzene rings is 1. The van der Waals surface area contributed by atoms with Crippen molar-refractivity contribution < 1.29 is 4.39 Å². The van der Waals surface area contributed by atoms with Gasteiger partial charge in [-0.25, -0.2) is 4.39 Å². The summed E-state index contributed by atoms with van der Waals surface area (Å²) in [7, 11) is 0. The van der Waals surface area contributed by atoms with E-state index in [0.29, 0.717) is 11.0 Å². The molecule has 0 amide bonds. The molecule has 88 valence electrons. The maximum Gasteiger partial charge on any atom is 0.139 e. The van der Waals surface area contributed by atoms with Crippen molar-refractivity contribution in [3.05, 3.63) is 58.1 Å².